The largest absolute Gasteiger partial charge is 0.490 e. The third-order valence-electron chi connectivity index (χ3n) is 2.27. The van der Waals surface area contributed by atoms with E-state index < -0.39 is 4.92 Å². The summed E-state index contributed by atoms with van der Waals surface area (Å²) in [4.78, 5) is 10.5. The molecule has 4 nitrogen and oxygen atoms in total. The molecule has 0 N–H and O–H groups in total. The van der Waals surface area contributed by atoms with Crippen LogP contribution in [-0.4, -0.2) is 12.0 Å². The molecule has 0 fully saturated rings. The SMILES string of the molecule is COc1ccc2ccccc2c1[N+](=O)[O-]. The van der Waals surface area contributed by atoms with Crippen molar-refractivity contribution in [3.63, 3.8) is 0 Å². The van der Waals surface area contributed by atoms with Crippen molar-refractivity contribution in [2.45, 2.75) is 0 Å². The molecule has 2 aromatic rings. The van der Waals surface area contributed by atoms with Crippen LogP contribution in [0.2, 0.25) is 0 Å². The first-order valence-corrected chi connectivity index (χ1v) is 4.44. The second-order valence-corrected chi connectivity index (χ2v) is 3.09. The molecule has 0 bridgehead atoms. The van der Waals surface area contributed by atoms with Gasteiger partial charge in [0.05, 0.1) is 17.4 Å². The second kappa shape index (κ2) is 3.57. The Balaban J connectivity index is 2.85. The molecule has 0 aromatic heterocycles. The molecule has 0 unspecified atom stereocenters. The Labute approximate surface area is 86.2 Å². The molecule has 2 rings (SSSR count). The van der Waals surface area contributed by atoms with Gasteiger partial charge in [0.2, 0.25) is 0 Å². The summed E-state index contributed by atoms with van der Waals surface area (Å²) in [6.07, 6.45) is 0. The zero-order chi connectivity index (χ0) is 10.8. The quantitative estimate of drug-likeness (QED) is 0.557. The number of hydrogen-bond donors (Lipinski definition) is 0. The first-order chi connectivity index (χ1) is 7.24. The van der Waals surface area contributed by atoms with Crippen molar-refractivity contribution in [1.29, 1.82) is 0 Å². The van der Waals surface area contributed by atoms with Gasteiger partial charge >= 0.3 is 5.69 Å². The molecule has 0 atom stereocenters. The average Bonchev–Trinajstić information content (AvgIpc) is 2.27. The third kappa shape index (κ3) is 1.50. The summed E-state index contributed by atoms with van der Waals surface area (Å²) in [6, 6.07) is 10.6. The molecule has 0 aliphatic carbocycles. The van der Waals surface area contributed by atoms with Crippen molar-refractivity contribution in [3.8, 4) is 5.75 Å². The van der Waals surface area contributed by atoms with Gasteiger partial charge in [-0.15, -0.1) is 0 Å². The van der Waals surface area contributed by atoms with E-state index in [9.17, 15) is 10.1 Å². The van der Waals surface area contributed by atoms with Crippen LogP contribution >= 0.6 is 0 Å². The van der Waals surface area contributed by atoms with E-state index in [4.69, 9.17) is 4.74 Å². The van der Waals surface area contributed by atoms with Gasteiger partial charge in [-0.1, -0.05) is 24.3 Å². The maximum atomic E-state index is 10.9. The van der Waals surface area contributed by atoms with Crippen molar-refractivity contribution >= 4 is 16.5 Å². The zero-order valence-corrected chi connectivity index (χ0v) is 8.14. The molecule has 0 saturated heterocycles. The van der Waals surface area contributed by atoms with Crippen LogP contribution in [0.1, 0.15) is 0 Å². The lowest BCUT2D eigenvalue weighted by Crippen LogP contribution is -1.94. The summed E-state index contributed by atoms with van der Waals surface area (Å²) in [5.74, 6) is 0.290. The minimum atomic E-state index is -0.416. The zero-order valence-electron chi connectivity index (χ0n) is 8.14. The fourth-order valence-electron chi connectivity index (χ4n) is 1.59. The highest BCUT2D eigenvalue weighted by Crippen LogP contribution is 2.34. The fourth-order valence-corrected chi connectivity index (χ4v) is 1.59. The summed E-state index contributed by atoms with van der Waals surface area (Å²) in [6.45, 7) is 0. The molecule has 0 heterocycles. The predicted molar refractivity (Wildman–Crippen MR) is 57.2 cm³/mol. The number of nitro benzene ring substituents is 1. The van der Waals surface area contributed by atoms with Gasteiger partial charge in [-0.25, -0.2) is 0 Å². The Bertz CT molecular complexity index is 522. The lowest BCUT2D eigenvalue weighted by atomic mass is 10.1. The minimum absolute atomic E-state index is 0.0237. The van der Waals surface area contributed by atoms with E-state index in [1.165, 1.54) is 7.11 Å². The van der Waals surface area contributed by atoms with E-state index in [1.807, 2.05) is 12.1 Å². The second-order valence-electron chi connectivity index (χ2n) is 3.09. The van der Waals surface area contributed by atoms with Gasteiger partial charge in [0.15, 0.2) is 5.75 Å². The average molecular weight is 203 g/mol. The summed E-state index contributed by atoms with van der Waals surface area (Å²) in [7, 11) is 1.43. The van der Waals surface area contributed by atoms with Crippen LogP contribution in [0.3, 0.4) is 0 Å². The highest BCUT2D eigenvalue weighted by molar-refractivity contribution is 5.93. The number of methoxy groups -OCH3 is 1. The van der Waals surface area contributed by atoms with E-state index >= 15 is 0 Å². The highest BCUT2D eigenvalue weighted by Gasteiger charge is 2.18. The maximum absolute atomic E-state index is 10.9. The van der Waals surface area contributed by atoms with Gasteiger partial charge in [0, 0.05) is 0 Å². The predicted octanol–water partition coefficient (Wildman–Crippen LogP) is 2.76. The Morgan fingerprint density at radius 2 is 1.93 bits per heavy atom. The first-order valence-electron chi connectivity index (χ1n) is 4.44. The molecule has 0 saturated carbocycles. The van der Waals surface area contributed by atoms with Crippen LogP contribution in [0, 0.1) is 10.1 Å². The first kappa shape index (κ1) is 9.45. The minimum Gasteiger partial charge on any atom is -0.490 e. The summed E-state index contributed by atoms with van der Waals surface area (Å²) in [5, 5.41) is 12.4. The summed E-state index contributed by atoms with van der Waals surface area (Å²) < 4.78 is 4.97. The van der Waals surface area contributed by atoms with Crippen molar-refractivity contribution < 1.29 is 9.66 Å². The molecule has 0 amide bonds. The number of hydrogen-bond acceptors (Lipinski definition) is 3. The lowest BCUT2D eigenvalue weighted by Gasteiger charge is -2.04. The molecular formula is C11H9NO3. The number of fused-ring (bicyclic) bond motifs is 1. The smallest absolute Gasteiger partial charge is 0.318 e. The molecule has 76 valence electrons. The van der Waals surface area contributed by atoms with Crippen molar-refractivity contribution in [2.24, 2.45) is 0 Å². The standard InChI is InChI=1S/C11H9NO3/c1-15-10-7-6-8-4-2-3-5-9(8)11(10)12(13)14/h2-7H,1H3. The molecule has 15 heavy (non-hydrogen) atoms. The van der Waals surface area contributed by atoms with Crippen LogP contribution < -0.4 is 4.74 Å². The molecule has 0 radical (unpaired) electrons. The summed E-state index contributed by atoms with van der Waals surface area (Å²) >= 11 is 0. The third-order valence-corrected chi connectivity index (χ3v) is 2.27. The van der Waals surface area contributed by atoms with Crippen molar-refractivity contribution in [2.75, 3.05) is 7.11 Å². The normalized spacial score (nSPS) is 10.2. The number of rotatable bonds is 2. The van der Waals surface area contributed by atoms with Gasteiger partial charge < -0.3 is 4.74 Å². The number of nitro groups is 1. The van der Waals surface area contributed by atoms with E-state index in [0.29, 0.717) is 11.1 Å². The van der Waals surface area contributed by atoms with E-state index in [1.54, 1.807) is 24.3 Å². The molecule has 4 heteroatoms. The Morgan fingerprint density at radius 1 is 1.20 bits per heavy atom. The molecule has 0 aliphatic heterocycles. The van der Waals surface area contributed by atoms with Gasteiger partial charge in [-0.3, -0.25) is 10.1 Å². The van der Waals surface area contributed by atoms with Gasteiger partial charge in [0.1, 0.15) is 0 Å². The van der Waals surface area contributed by atoms with Crippen LogP contribution in [0.5, 0.6) is 5.75 Å². The van der Waals surface area contributed by atoms with Crippen LogP contribution in [-0.2, 0) is 0 Å². The number of nitrogens with zero attached hydrogens (tertiary/aromatic N) is 1. The van der Waals surface area contributed by atoms with E-state index in [-0.39, 0.29) is 5.69 Å². The fraction of sp³-hybridized carbons (Fsp3) is 0.0909. The van der Waals surface area contributed by atoms with Crippen LogP contribution in [0.4, 0.5) is 5.69 Å². The van der Waals surface area contributed by atoms with Crippen molar-refractivity contribution in [3.05, 3.63) is 46.5 Å². The molecule has 0 aliphatic rings. The van der Waals surface area contributed by atoms with Gasteiger partial charge in [-0.05, 0) is 17.5 Å². The molecular weight excluding hydrogens is 194 g/mol. The van der Waals surface area contributed by atoms with E-state index in [0.717, 1.165) is 5.39 Å². The summed E-state index contributed by atoms with van der Waals surface area (Å²) in [5.41, 5.74) is 0.0237. The van der Waals surface area contributed by atoms with Crippen LogP contribution in [0.25, 0.3) is 10.8 Å². The van der Waals surface area contributed by atoms with Gasteiger partial charge in [0.25, 0.3) is 0 Å². The topological polar surface area (TPSA) is 52.4 Å². The Kier molecular flexibility index (Phi) is 2.25. The van der Waals surface area contributed by atoms with Crippen molar-refractivity contribution in [1.82, 2.24) is 0 Å². The Morgan fingerprint density at radius 3 is 2.60 bits per heavy atom. The lowest BCUT2D eigenvalue weighted by molar-refractivity contribution is -0.383. The number of benzene rings is 2. The van der Waals surface area contributed by atoms with E-state index in [2.05, 4.69) is 0 Å². The van der Waals surface area contributed by atoms with Crippen LogP contribution in [0.15, 0.2) is 36.4 Å². The number of ether oxygens (including phenoxy) is 1. The van der Waals surface area contributed by atoms with Gasteiger partial charge in [-0.2, -0.15) is 0 Å². The highest BCUT2D eigenvalue weighted by atomic mass is 16.6. The Hall–Kier alpha value is -2.10. The monoisotopic (exact) mass is 203 g/mol. The maximum Gasteiger partial charge on any atom is 0.318 e. The molecule has 2 aromatic carbocycles. The molecule has 0 spiro atoms.